The number of alkyl carbamates (subject to hydrolysis) is 1. The van der Waals surface area contributed by atoms with E-state index in [1.165, 1.54) is 0 Å². The minimum atomic E-state index is -1.58. The van der Waals surface area contributed by atoms with Crippen molar-refractivity contribution in [2.75, 3.05) is 0 Å². The summed E-state index contributed by atoms with van der Waals surface area (Å²) in [6.45, 7) is 0.298. The fourth-order valence-corrected chi connectivity index (χ4v) is 5.04. The summed E-state index contributed by atoms with van der Waals surface area (Å²) in [5.74, 6) is 0.0942. The highest BCUT2D eigenvalue weighted by molar-refractivity contribution is 5.67. The molecular formula is C23H30N10O6. The van der Waals surface area contributed by atoms with E-state index in [-0.39, 0.29) is 12.3 Å². The van der Waals surface area contributed by atoms with Gasteiger partial charge in [-0.2, -0.15) is 0 Å². The molecule has 0 aromatic heterocycles. The number of hydrogen-bond acceptors (Lipinski definition) is 9. The maximum absolute atomic E-state index is 12.6. The number of amides is 1. The lowest BCUT2D eigenvalue weighted by Gasteiger charge is -2.44. The van der Waals surface area contributed by atoms with E-state index in [1.807, 2.05) is 30.3 Å². The lowest BCUT2D eigenvalue weighted by Crippen LogP contribution is -2.58. The highest BCUT2D eigenvalue weighted by Gasteiger charge is 2.48. The van der Waals surface area contributed by atoms with Gasteiger partial charge in [0.15, 0.2) is 6.29 Å². The van der Waals surface area contributed by atoms with Crippen molar-refractivity contribution in [1.29, 1.82) is 0 Å². The molecule has 2 saturated carbocycles. The van der Waals surface area contributed by atoms with Crippen molar-refractivity contribution in [3.63, 3.8) is 0 Å². The van der Waals surface area contributed by atoms with Crippen LogP contribution in [0.15, 0.2) is 45.7 Å². The Morgan fingerprint density at radius 1 is 0.974 bits per heavy atom. The maximum Gasteiger partial charge on any atom is 0.407 e. The van der Waals surface area contributed by atoms with Crippen molar-refractivity contribution in [1.82, 2.24) is 5.32 Å². The Morgan fingerprint density at radius 2 is 1.64 bits per heavy atom. The quantitative estimate of drug-likeness (QED) is 0.225. The number of nitrogens with zero attached hydrogens (tertiary/aromatic N) is 9. The first-order valence-electron chi connectivity index (χ1n) is 12.7. The van der Waals surface area contributed by atoms with Crippen molar-refractivity contribution in [2.45, 2.75) is 93.6 Å². The third-order valence-corrected chi connectivity index (χ3v) is 7.18. The second-order valence-electron chi connectivity index (χ2n) is 9.80. The zero-order valence-electron chi connectivity index (χ0n) is 21.0. The normalized spacial score (nSPS) is 32.9. The van der Waals surface area contributed by atoms with E-state index >= 15 is 0 Å². The van der Waals surface area contributed by atoms with Crippen molar-refractivity contribution in [2.24, 2.45) is 21.3 Å². The predicted octanol–water partition coefficient (Wildman–Crippen LogP) is 3.74. The maximum atomic E-state index is 12.6. The van der Waals surface area contributed by atoms with Crippen LogP contribution in [0.1, 0.15) is 37.7 Å². The Hall–Kier alpha value is -3.74. The first-order valence-corrected chi connectivity index (χ1v) is 12.7. The lowest BCUT2D eigenvalue weighted by atomic mass is 9.84. The average molecular weight is 543 g/mol. The molecule has 1 aliphatic heterocycles. The SMILES string of the molecule is [N-]=[N+]=N[C@H]1CC[C@@H]([C@@H](OC(=O)NCc2ccccc2)C2CC2)O[C@@H]1O[C@H]1[C@H](O)[C@@H](O)[C@H](N=[N+]=[N-])C[C@@H]1N=[N+]=[N-]. The van der Waals surface area contributed by atoms with Crippen LogP contribution in [0.4, 0.5) is 4.79 Å². The van der Waals surface area contributed by atoms with Crippen LogP contribution in [0.2, 0.25) is 0 Å². The number of benzene rings is 1. The molecule has 1 saturated heterocycles. The van der Waals surface area contributed by atoms with E-state index in [2.05, 4.69) is 35.4 Å². The lowest BCUT2D eigenvalue weighted by molar-refractivity contribution is -0.265. The summed E-state index contributed by atoms with van der Waals surface area (Å²) < 4.78 is 17.9. The summed E-state index contributed by atoms with van der Waals surface area (Å²) in [6.07, 6.45) is -4.85. The van der Waals surface area contributed by atoms with Crippen LogP contribution < -0.4 is 5.32 Å². The zero-order chi connectivity index (χ0) is 27.8. The molecule has 0 radical (unpaired) electrons. The van der Waals surface area contributed by atoms with Gasteiger partial charge in [0.1, 0.15) is 12.2 Å². The Kier molecular flexibility index (Phi) is 9.69. The number of ether oxygens (including phenoxy) is 3. The molecule has 2 aliphatic carbocycles. The van der Waals surface area contributed by atoms with Gasteiger partial charge in [0.25, 0.3) is 0 Å². The zero-order valence-corrected chi connectivity index (χ0v) is 21.0. The van der Waals surface area contributed by atoms with Crippen LogP contribution in [-0.2, 0) is 20.8 Å². The topological polar surface area (TPSA) is 244 Å². The molecule has 3 N–H and O–H groups in total. The molecule has 208 valence electrons. The Morgan fingerprint density at radius 3 is 2.31 bits per heavy atom. The van der Waals surface area contributed by atoms with Gasteiger partial charge in [0, 0.05) is 21.3 Å². The fourth-order valence-electron chi connectivity index (χ4n) is 5.04. The van der Waals surface area contributed by atoms with Gasteiger partial charge in [-0.15, -0.1) is 0 Å². The summed E-state index contributed by atoms with van der Waals surface area (Å²) in [4.78, 5) is 20.9. The van der Waals surface area contributed by atoms with Crippen LogP contribution in [0.3, 0.4) is 0 Å². The molecule has 1 amide bonds. The molecule has 0 unspecified atom stereocenters. The van der Waals surface area contributed by atoms with E-state index in [1.54, 1.807) is 0 Å². The number of azide groups is 3. The molecule has 0 bridgehead atoms. The van der Waals surface area contributed by atoms with Gasteiger partial charge < -0.3 is 29.7 Å². The Bertz CT molecular complexity index is 1140. The molecule has 0 spiro atoms. The number of rotatable bonds is 10. The van der Waals surface area contributed by atoms with Gasteiger partial charge in [-0.05, 0) is 60.2 Å². The number of carbonyl (C=O) groups excluding carboxylic acids is 1. The minimum Gasteiger partial charge on any atom is -0.443 e. The number of carbonyl (C=O) groups is 1. The predicted molar refractivity (Wildman–Crippen MR) is 134 cm³/mol. The van der Waals surface area contributed by atoms with Crippen LogP contribution in [-0.4, -0.2) is 71.2 Å². The molecule has 39 heavy (non-hydrogen) atoms. The molecular weight excluding hydrogens is 512 g/mol. The van der Waals surface area contributed by atoms with Gasteiger partial charge in [0.2, 0.25) is 0 Å². The third-order valence-electron chi connectivity index (χ3n) is 7.18. The molecule has 1 aromatic rings. The van der Waals surface area contributed by atoms with Crippen molar-refractivity contribution in [3.05, 3.63) is 67.2 Å². The average Bonchev–Trinajstić information content (AvgIpc) is 3.78. The highest BCUT2D eigenvalue weighted by Crippen LogP contribution is 2.40. The highest BCUT2D eigenvalue weighted by atomic mass is 16.7. The summed E-state index contributed by atoms with van der Waals surface area (Å²) in [7, 11) is 0. The van der Waals surface area contributed by atoms with E-state index < -0.39 is 61.0 Å². The van der Waals surface area contributed by atoms with Gasteiger partial charge in [-0.3, -0.25) is 0 Å². The Labute approximate surface area is 223 Å². The molecule has 9 atom stereocenters. The molecule has 3 fully saturated rings. The van der Waals surface area contributed by atoms with Crippen molar-refractivity contribution < 1.29 is 29.2 Å². The van der Waals surface area contributed by atoms with E-state index in [0.717, 1.165) is 18.4 Å². The Balaban J connectivity index is 1.46. The molecule has 4 rings (SSSR count). The first kappa shape index (κ1) is 28.3. The number of aliphatic hydroxyl groups excluding tert-OH is 2. The van der Waals surface area contributed by atoms with Crippen LogP contribution in [0.25, 0.3) is 31.3 Å². The first-order chi connectivity index (χ1) is 18.9. The van der Waals surface area contributed by atoms with Crippen molar-refractivity contribution in [3.8, 4) is 0 Å². The number of nitrogens with one attached hydrogen (secondary N) is 1. The van der Waals surface area contributed by atoms with Gasteiger partial charge in [0.05, 0.1) is 36.4 Å². The minimum absolute atomic E-state index is 0.0747. The molecule has 1 aromatic carbocycles. The largest absolute Gasteiger partial charge is 0.443 e. The monoisotopic (exact) mass is 542 g/mol. The fraction of sp³-hybridized carbons (Fsp3) is 0.696. The van der Waals surface area contributed by atoms with Crippen LogP contribution >= 0.6 is 0 Å². The van der Waals surface area contributed by atoms with Gasteiger partial charge in [-0.25, -0.2) is 4.79 Å². The van der Waals surface area contributed by atoms with E-state index in [9.17, 15) is 15.0 Å². The number of hydrogen-bond donors (Lipinski definition) is 3. The van der Waals surface area contributed by atoms with E-state index in [0.29, 0.717) is 19.4 Å². The second kappa shape index (κ2) is 13.4. The molecule has 1 heterocycles. The van der Waals surface area contributed by atoms with Gasteiger partial charge in [-0.1, -0.05) is 45.7 Å². The van der Waals surface area contributed by atoms with Crippen LogP contribution in [0.5, 0.6) is 0 Å². The molecule has 16 heteroatoms. The summed E-state index contributed by atoms with van der Waals surface area (Å²) >= 11 is 0. The smallest absolute Gasteiger partial charge is 0.407 e. The molecule has 16 nitrogen and oxygen atoms in total. The summed E-state index contributed by atoms with van der Waals surface area (Å²) in [5, 5.41) is 34.9. The van der Waals surface area contributed by atoms with Crippen LogP contribution in [0, 0.1) is 5.92 Å². The van der Waals surface area contributed by atoms with Gasteiger partial charge >= 0.3 is 6.09 Å². The number of aliphatic hydroxyl groups is 2. The van der Waals surface area contributed by atoms with Crippen molar-refractivity contribution >= 4 is 6.09 Å². The summed E-state index contributed by atoms with van der Waals surface area (Å²) in [5.41, 5.74) is 27.8. The third kappa shape index (κ3) is 7.22. The molecule has 3 aliphatic rings. The standard InChI is InChI=1S/C23H30N10O6/c24-31-28-14-8-9-17(20(13-6-7-13)39-23(36)27-11-12-4-2-1-3-5-12)37-22(14)38-21-16(30-33-26)10-15(29-32-25)18(34)19(21)35/h1-5,13-22,34-35H,6-11H2,(H,27,36)/t14-,15+,16-,17-,18-,19+,20-,21+,22+/m0/s1. The summed E-state index contributed by atoms with van der Waals surface area (Å²) in [6, 6.07) is 6.58. The second-order valence-corrected chi connectivity index (χ2v) is 9.80. The van der Waals surface area contributed by atoms with E-state index in [4.69, 9.17) is 30.8 Å².